The second-order valence-corrected chi connectivity index (χ2v) is 7.57. The molecule has 3 nitrogen and oxygen atoms in total. The fourth-order valence-corrected chi connectivity index (χ4v) is 4.44. The van der Waals surface area contributed by atoms with Crippen LogP contribution in [-0.2, 0) is 12.8 Å². The molecule has 1 aromatic carbocycles. The summed E-state index contributed by atoms with van der Waals surface area (Å²) in [6.07, 6.45) is 6.59. The number of halogens is 1. The molecular formula is C16H14IN3S. The van der Waals surface area contributed by atoms with Gasteiger partial charge in [0.05, 0.1) is 5.39 Å². The lowest BCUT2D eigenvalue weighted by Crippen LogP contribution is -2.01. The van der Waals surface area contributed by atoms with E-state index in [4.69, 9.17) is 0 Å². The van der Waals surface area contributed by atoms with E-state index in [0.29, 0.717) is 0 Å². The molecule has 0 saturated carbocycles. The molecule has 2 aromatic heterocycles. The molecule has 0 radical (unpaired) electrons. The summed E-state index contributed by atoms with van der Waals surface area (Å²) in [6.45, 7) is 0. The molecule has 106 valence electrons. The van der Waals surface area contributed by atoms with Gasteiger partial charge >= 0.3 is 0 Å². The maximum Gasteiger partial charge on any atom is 0.142 e. The zero-order valence-corrected chi connectivity index (χ0v) is 14.4. The van der Waals surface area contributed by atoms with Gasteiger partial charge in [-0.1, -0.05) is 0 Å². The van der Waals surface area contributed by atoms with E-state index in [1.807, 2.05) is 11.3 Å². The first-order valence-corrected chi connectivity index (χ1v) is 8.98. The van der Waals surface area contributed by atoms with Crippen LogP contribution in [0.1, 0.15) is 23.3 Å². The van der Waals surface area contributed by atoms with Gasteiger partial charge in [-0.15, -0.1) is 11.3 Å². The van der Waals surface area contributed by atoms with Crippen molar-refractivity contribution in [3.8, 4) is 0 Å². The van der Waals surface area contributed by atoms with Crippen LogP contribution < -0.4 is 5.32 Å². The SMILES string of the molecule is Ic1ccc(Nc2ncnc3sc4c(c23)CCCC4)cc1. The van der Waals surface area contributed by atoms with Crippen molar-refractivity contribution in [1.29, 1.82) is 0 Å². The predicted octanol–water partition coefficient (Wildman–Crippen LogP) is 4.92. The number of fused-ring (bicyclic) bond motifs is 3. The maximum atomic E-state index is 4.49. The Labute approximate surface area is 141 Å². The highest BCUT2D eigenvalue weighted by molar-refractivity contribution is 14.1. The fraction of sp³-hybridized carbons (Fsp3) is 0.250. The average Bonchev–Trinajstić information content (AvgIpc) is 2.89. The molecule has 0 fully saturated rings. The van der Waals surface area contributed by atoms with Crippen LogP contribution in [-0.4, -0.2) is 9.97 Å². The molecular weight excluding hydrogens is 393 g/mol. The summed E-state index contributed by atoms with van der Waals surface area (Å²) in [5.74, 6) is 0.945. The standard InChI is InChI=1S/C16H14IN3S/c17-10-5-7-11(8-6-10)20-15-14-12-3-1-2-4-13(12)21-16(14)19-9-18-15/h5-9H,1-4H2,(H,18,19,20). The molecule has 0 unspecified atom stereocenters. The highest BCUT2D eigenvalue weighted by Gasteiger charge is 2.19. The molecule has 0 spiro atoms. The average molecular weight is 407 g/mol. The number of hydrogen-bond donors (Lipinski definition) is 1. The molecule has 21 heavy (non-hydrogen) atoms. The van der Waals surface area contributed by atoms with Gasteiger partial charge in [0, 0.05) is 14.1 Å². The maximum absolute atomic E-state index is 4.49. The van der Waals surface area contributed by atoms with Gasteiger partial charge in [0.25, 0.3) is 0 Å². The summed E-state index contributed by atoms with van der Waals surface area (Å²) in [5.41, 5.74) is 2.54. The first-order chi connectivity index (χ1) is 10.3. The van der Waals surface area contributed by atoms with E-state index in [1.54, 1.807) is 6.33 Å². The van der Waals surface area contributed by atoms with E-state index in [1.165, 1.54) is 38.7 Å². The molecule has 0 aliphatic heterocycles. The number of nitrogens with one attached hydrogen (secondary N) is 1. The molecule has 1 N–H and O–H groups in total. The topological polar surface area (TPSA) is 37.8 Å². The first kappa shape index (κ1) is 13.5. The van der Waals surface area contributed by atoms with E-state index < -0.39 is 0 Å². The van der Waals surface area contributed by atoms with E-state index in [-0.39, 0.29) is 0 Å². The van der Waals surface area contributed by atoms with Crippen molar-refractivity contribution in [2.24, 2.45) is 0 Å². The Kier molecular flexibility index (Phi) is 3.54. The van der Waals surface area contributed by atoms with Crippen molar-refractivity contribution < 1.29 is 0 Å². The summed E-state index contributed by atoms with van der Waals surface area (Å²) < 4.78 is 1.24. The number of benzene rings is 1. The molecule has 4 rings (SSSR count). The predicted molar refractivity (Wildman–Crippen MR) is 96.5 cm³/mol. The smallest absolute Gasteiger partial charge is 0.142 e. The molecule has 0 bridgehead atoms. The van der Waals surface area contributed by atoms with E-state index in [9.17, 15) is 0 Å². The Balaban J connectivity index is 1.81. The van der Waals surface area contributed by atoms with Gasteiger partial charge in [-0.25, -0.2) is 9.97 Å². The van der Waals surface area contributed by atoms with Crippen LogP contribution in [0.3, 0.4) is 0 Å². The van der Waals surface area contributed by atoms with Crippen molar-refractivity contribution >= 4 is 55.6 Å². The Morgan fingerprint density at radius 1 is 1.05 bits per heavy atom. The molecule has 5 heteroatoms. The quantitative estimate of drug-likeness (QED) is 0.613. The molecule has 0 atom stereocenters. The normalized spacial score (nSPS) is 14.1. The number of nitrogens with zero attached hydrogens (tertiary/aromatic N) is 2. The lowest BCUT2D eigenvalue weighted by molar-refractivity contribution is 0.700. The number of aryl methyl sites for hydroxylation is 2. The Morgan fingerprint density at radius 3 is 2.71 bits per heavy atom. The minimum absolute atomic E-state index is 0.945. The van der Waals surface area contributed by atoms with Crippen LogP contribution in [0.5, 0.6) is 0 Å². The van der Waals surface area contributed by atoms with Crippen molar-refractivity contribution in [3.05, 3.63) is 44.6 Å². The summed E-state index contributed by atoms with van der Waals surface area (Å²) in [4.78, 5) is 11.6. The van der Waals surface area contributed by atoms with Gasteiger partial charge in [0.2, 0.25) is 0 Å². The molecule has 3 aromatic rings. The zero-order chi connectivity index (χ0) is 14.2. The van der Waals surface area contributed by atoms with Gasteiger partial charge in [-0.05, 0) is 78.1 Å². The second-order valence-electron chi connectivity index (χ2n) is 5.25. The number of aromatic nitrogens is 2. The van der Waals surface area contributed by atoms with Crippen LogP contribution in [0.25, 0.3) is 10.2 Å². The molecule has 0 saturated heterocycles. The molecule has 0 amide bonds. The van der Waals surface area contributed by atoms with E-state index >= 15 is 0 Å². The minimum Gasteiger partial charge on any atom is -0.340 e. The van der Waals surface area contributed by atoms with E-state index in [2.05, 4.69) is 62.1 Å². The highest BCUT2D eigenvalue weighted by atomic mass is 127. The van der Waals surface area contributed by atoms with Crippen LogP contribution in [0.4, 0.5) is 11.5 Å². The number of thiophene rings is 1. The first-order valence-electron chi connectivity index (χ1n) is 7.09. The van der Waals surface area contributed by atoms with Gasteiger partial charge in [-0.3, -0.25) is 0 Å². The summed E-state index contributed by atoms with van der Waals surface area (Å²) >= 11 is 4.15. The summed E-state index contributed by atoms with van der Waals surface area (Å²) in [7, 11) is 0. The highest BCUT2D eigenvalue weighted by Crippen LogP contribution is 2.38. The van der Waals surface area contributed by atoms with Crippen molar-refractivity contribution in [1.82, 2.24) is 9.97 Å². The number of hydrogen-bond acceptors (Lipinski definition) is 4. The van der Waals surface area contributed by atoms with Gasteiger partial charge in [-0.2, -0.15) is 0 Å². The van der Waals surface area contributed by atoms with Crippen LogP contribution in [0.15, 0.2) is 30.6 Å². The Hall–Kier alpha value is -1.21. The monoisotopic (exact) mass is 407 g/mol. The third-order valence-electron chi connectivity index (χ3n) is 3.86. The van der Waals surface area contributed by atoms with Crippen molar-refractivity contribution in [2.75, 3.05) is 5.32 Å². The third-order valence-corrected chi connectivity index (χ3v) is 5.78. The Bertz CT molecular complexity index is 795. The number of anilines is 2. The lowest BCUT2D eigenvalue weighted by atomic mass is 9.97. The molecule has 2 heterocycles. The fourth-order valence-electron chi connectivity index (χ4n) is 2.85. The molecule has 1 aliphatic carbocycles. The van der Waals surface area contributed by atoms with Crippen LogP contribution >= 0.6 is 33.9 Å². The second kappa shape index (κ2) is 5.53. The van der Waals surface area contributed by atoms with Gasteiger partial charge in [0.1, 0.15) is 17.0 Å². The minimum atomic E-state index is 0.945. The third kappa shape index (κ3) is 2.53. The number of rotatable bonds is 2. The van der Waals surface area contributed by atoms with Crippen LogP contribution in [0, 0.1) is 3.57 Å². The van der Waals surface area contributed by atoms with Crippen LogP contribution in [0.2, 0.25) is 0 Å². The summed E-state index contributed by atoms with van der Waals surface area (Å²) in [5, 5.41) is 4.69. The largest absolute Gasteiger partial charge is 0.340 e. The van der Waals surface area contributed by atoms with Gasteiger partial charge < -0.3 is 5.32 Å². The zero-order valence-electron chi connectivity index (χ0n) is 11.4. The lowest BCUT2D eigenvalue weighted by Gasteiger charge is -2.12. The van der Waals surface area contributed by atoms with E-state index in [0.717, 1.165) is 22.8 Å². The van der Waals surface area contributed by atoms with Gasteiger partial charge in [0.15, 0.2) is 0 Å². The summed E-state index contributed by atoms with van der Waals surface area (Å²) in [6, 6.07) is 8.39. The Morgan fingerprint density at radius 2 is 1.86 bits per heavy atom. The molecule has 1 aliphatic rings. The van der Waals surface area contributed by atoms with Crippen molar-refractivity contribution in [3.63, 3.8) is 0 Å². The van der Waals surface area contributed by atoms with Crippen molar-refractivity contribution in [2.45, 2.75) is 25.7 Å².